The fourth-order valence-electron chi connectivity index (χ4n) is 6.45. The van der Waals surface area contributed by atoms with E-state index in [9.17, 15) is 19.5 Å². The number of esters is 1. The van der Waals surface area contributed by atoms with Crippen molar-refractivity contribution < 1.29 is 29.0 Å². The molecule has 4 heterocycles. The molecular weight excluding hydrogens is 460 g/mol. The highest BCUT2D eigenvalue weighted by atomic mass is 16.6. The maximum Gasteiger partial charge on any atom is 0.313 e. The molecule has 1 N–H and O–H groups in total. The van der Waals surface area contributed by atoms with Crippen molar-refractivity contribution in [3.8, 4) is 0 Å². The van der Waals surface area contributed by atoms with E-state index in [2.05, 4.69) is 6.08 Å². The third-order valence-electron chi connectivity index (χ3n) is 8.25. The number of likely N-dealkylation sites (tertiary alicyclic amines) is 1. The summed E-state index contributed by atoms with van der Waals surface area (Å²) in [6, 6.07) is -0.857. The van der Waals surface area contributed by atoms with Crippen LogP contribution in [-0.4, -0.2) is 81.8 Å². The summed E-state index contributed by atoms with van der Waals surface area (Å²) in [5.41, 5.74) is -2.71. The van der Waals surface area contributed by atoms with Gasteiger partial charge in [-0.1, -0.05) is 31.2 Å². The Bertz CT molecular complexity index is 923. The minimum absolute atomic E-state index is 0.0891. The standard InChI is InChI=1S/C28H42N2O6/c1-5-27-14-9-6-7-12-19-35-25(34)21(27)20-23(32)29(16-10-8-11-18-31)22-24(33)30(26(2,3)4)17-13-15-28(20,22)36-27/h9,13-15,20-22,31H,5-8,10-12,16-19H2,1-4H3/b14-9-/t20-,21-,22?,27+,28-/m0/s1. The van der Waals surface area contributed by atoms with Gasteiger partial charge < -0.3 is 24.4 Å². The van der Waals surface area contributed by atoms with Gasteiger partial charge in [-0.3, -0.25) is 14.4 Å². The Morgan fingerprint density at radius 1 is 1.03 bits per heavy atom. The van der Waals surface area contributed by atoms with Crippen molar-refractivity contribution in [3.63, 3.8) is 0 Å². The van der Waals surface area contributed by atoms with Crippen LogP contribution in [0, 0.1) is 11.8 Å². The Morgan fingerprint density at radius 3 is 2.50 bits per heavy atom. The van der Waals surface area contributed by atoms with Gasteiger partial charge in [0.25, 0.3) is 0 Å². The first-order chi connectivity index (χ1) is 17.1. The number of amides is 2. The molecule has 4 aliphatic rings. The minimum atomic E-state index is -1.25. The van der Waals surface area contributed by atoms with E-state index < -0.39 is 40.6 Å². The quantitative estimate of drug-likeness (QED) is 0.341. The highest BCUT2D eigenvalue weighted by molar-refractivity contribution is 5.99. The first kappa shape index (κ1) is 26.9. The second kappa shape index (κ2) is 10.3. The monoisotopic (exact) mass is 502 g/mol. The number of ether oxygens (including phenoxy) is 2. The molecule has 1 unspecified atom stereocenters. The average molecular weight is 503 g/mol. The first-order valence-electron chi connectivity index (χ1n) is 13.6. The Morgan fingerprint density at radius 2 is 1.81 bits per heavy atom. The van der Waals surface area contributed by atoms with E-state index in [-0.39, 0.29) is 18.4 Å². The van der Waals surface area contributed by atoms with E-state index in [0.29, 0.717) is 39.0 Å². The largest absolute Gasteiger partial charge is 0.465 e. The lowest BCUT2D eigenvalue weighted by Gasteiger charge is -2.41. The van der Waals surface area contributed by atoms with Crippen molar-refractivity contribution in [2.45, 2.75) is 95.4 Å². The Hall–Kier alpha value is -2.19. The van der Waals surface area contributed by atoms with Crippen molar-refractivity contribution in [2.24, 2.45) is 11.8 Å². The second-order valence-electron chi connectivity index (χ2n) is 11.5. The molecule has 4 rings (SSSR count). The smallest absolute Gasteiger partial charge is 0.313 e. The molecule has 0 bridgehead atoms. The van der Waals surface area contributed by atoms with Gasteiger partial charge in [0.15, 0.2) is 0 Å². The van der Waals surface area contributed by atoms with Gasteiger partial charge in [-0.15, -0.1) is 0 Å². The lowest BCUT2D eigenvalue weighted by atomic mass is 9.73. The van der Waals surface area contributed by atoms with Crippen LogP contribution in [0.2, 0.25) is 0 Å². The maximum absolute atomic E-state index is 14.2. The highest BCUT2D eigenvalue weighted by Crippen LogP contribution is 2.58. The van der Waals surface area contributed by atoms with E-state index in [1.54, 1.807) is 9.80 Å². The van der Waals surface area contributed by atoms with Gasteiger partial charge in [0.05, 0.1) is 12.5 Å². The van der Waals surface area contributed by atoms with Crippen molar-refractivity contribution in [1.29, 1.82) is 0 Å². The Kier molecular flexibility index (Phi) is 7.68. The summed E-state index contributed by atoms with van der Waals surface area (Å²) >= 11 is 0. The van der Waals surface area contributed by atoms with Crippen LogP contribution >= 0.6 is 0 Å². The minimum Gasteiger partial charge on any atom is -0.465 e. The van der Waals surface area contributed by atoms with Gasteiger partial charge in [0.1, 0.15) is 23.2 Å². The third-order valence-corrected chi connectivity index (χ3v) is 8.25. The highest BCUT2D eigenvalue weighted by Gasteiger charge is 2.75. The number of nitrogens with zero attached hydrogens (tertiary/aromatic N) is 2. The molecule has 200 valence electrons. The van der Waals surface area contributed by atoms with E-state index in [1.165, 1.54) is 0 Å². The fraction of sp³-hybridized carbons (Fsp3) is 0.750. The molecular formula is C28H42N2O6. The Balaban J connectivity index is 1.84. The lowest BCUT2D eigenvalue weighted by molar-refractivity contribution is -0.162. The molecule has 8 nitrogen and oxygen atoms in total. The zero-order valence-electron chi connectivity index (χ0n) is 22.2. The van der Waals surface area contributed by atoms with Gasteiger partial charge in [0, 0.05) is 25.2 Å². The number of fused-ring (bicyclic) bond motifs is 2. The van der Waals surface area contributed by atoms with Crippen LogP contribution in [0.5, 0.6) is 0 Å². The summed E-state index contributed by atoms with van der Waals surface area (Å²) in [6.07, 6.45) is 12.9. The average Bonchev–Trinajstić information content (AvgIpc) is 3.17. The topological polar surface area (TPSA) is 96.4 Å². The molecule has 2 fully saturated rings. The van der Waals surface area contributed by atoms with E-state index in [0.717, 1.165) is 25.7 Å². The molecule has 36 heavy (non-hydrogen) atoms. The molecule has 1 spiro atoms. The summed E-state index contributed by atoms with van der Waals surface area (Å²) in [5.74, 6) is -2.46. The molecule has 0 aromatic rings. The predicted octanol–water partition coefficient (Wildman–Crippen LogP) is 2.99. The van der Waals surface area contributed by atoms with Gasteiger partial charge in [-0.2, -0.15) is 0 Å². The molecule has 0 aliphatic carbocycles. The van der Waals surface area contributed by atoms with Crippen molar-refractivity contribution in [2.75, 3.05) is 26.3 Å². The van der Waals surface area contributed by atoms with Crippen molar-refractivity contribution >= 4 is 17.8 Å². The van der Waals surface area contributed by atoms with Crippen molar-refractivity contribution in [3.05, 3.63) is 24.3 Å². The summed E-state index contributed by atoms with van der Waals surface area (Å²) in [7, 11) is 0. The number of aliphatic hydroxyl groups is 1. The molecule has 5 atom stereocenters. The maximum atomic E-state index is 14.2. The van der Waals surface area contributed by atoms with Crippen LogP contribution in [0.1, 0.15) is 72.6 Å². The molecule has 0 saturated carbocycles. The van der Waals surface area contributed by atoms with E-state index >= 15 is 0 Å². The number of aliphatic hydroxyl groups excluding tert-OH is 1. The van der Waals surface area contributed by atoms with Gasteiger partial charge >= 0.3 is 5.97 Å². The number of cyclic esters (lactones) is 1. The zero-order chi connectivity index (χ0) is 26.1. The molecule has 4 aliphatic heterocycles. The number of hydrogen-bond acceptors (Lipinski definition) is 6. The SMILES string of the molecule is CC[C@@]12/C=C\CCCCOC(=O)[C@@H]1[C@H]1C(=O)N(CCCCCO)C3C(=O)N(C(C)(C)C)CC=C[C@@]31O2. The summed E-state index contributed by atoms with van der Waals surface area (Å²) < 4.78 is 12.6. The number of unbranched alkanes of at least 4 members (excludes halogenated alkanes) is 2. The van der Waals surface area contributed by atoms with Crippen LogP contribution in [0.3, 0.4) is 0 Å². The lowest BCUT2D eigenvalue weighted by Crippen LogP contribution is -2.59. The molecule has 0 aromatic heterocycles. The number of carbonyl (C=O) groups is 3. The molecule has 0 radical (unpaired) electrons. The second-order valence-corrected chi connectivity index (χ2v) is 11.5. The van der Waals surface area contributed by atoms with Crippen LogP contribution in [0.25, 0.3) is 0 Å². The summed E-state index contributed by atoms with van der Waals surface area (Å²) in [5, 5.41) is 9.21. The third kappa shape index (κ3) is 4.40. The van der Waals surface area contributed by atoms with Gasteiger partial charge in [-0.05, 0) is 65.7 Å². The number of carbonyl (C=O) groups excluding carboxylic acids is 3. The van der Waals surface area contributed by atoms with Gasteiger partial charge in [0.2, 0.25) is 11.8 Å². The van der Waals surface area contributed by atoms with Gasteiger partial charge in [-0.25, -0.2) is 0 Å². The zero-order valence-corrected chi connectivity index (χ0v) is 22.2. The predicted molar refractivity (Wildman–Crippen MR) is 135 cm³/mol. The fourth-order valence-corrected chi connectivity index (χ4v) is 6.45. The summed E-state index contributed by atoms with van der Waals surface area (Å²) in [6.45, 7) is 9.11. The van der Waals surface area contributed by atoms with Crippen LogP contribution in [0.4, 0.5) is 0 Å². The van der Waals surface area contributed by atoms with Crippen LogP contribution in [0.15, 0.2) is 24.3 Å². The Labute approximate surface area is 214 Å². The number of hydrogen-bond donors (Lipinski definition) is 1. The number of allylic oxidation sites excluding steroid dienone is 1. The molecule has 0 aromatic carbocycles. The van der Waals surface area contributed by atoms with E-state index in [1.807, 2.05) is 45.9 Å². The van der Waals surface area contributed by atoms with E-state index in [4.69, 9.17) is 9.47 Å². The summed E-state index contributed by atoms with van der Waals surface area (Å²) in [4.78, 5) is 45.4. The molecule has 2 saturated heterocycles. The number of rotatable bonds is 6. The van der Waals surface area contributed by atoms with Crippen LogP contribution < -0.4 is 0 Å². The normalized spacial score (nSPS) is 35.7. The van der Waals surface area contributed by atoms with Crippen LogP contribution in [-0.2, 0) is 23.9 Å². The molecule has 2 amide bonds. The first-order valence-corrected chi connectivity index (χ1v) is 13.6. The van der Waals surface area contributed by atoms with Crippen molar-refractivity contribution in [1.82, 2.24) is 9.80 Å². The molecule has 8 heteroatoms.